The van der Waals surface area contributed by atoms with Crippen LogP contribution in [0.4, 0.5) is 13.2 Å². The summed E-state index contributed by atoms with van der Waals surface area (Å²) in [6.45, 7) is 2.88. The van der Waals surface area contributed by atoms with E-state index in [9.17, 15) is 18.0 Å². The van der Waals surface area contributed by atoms with E-state index >= 15 is 0 Å². The van der Waals surface area contributed by atoms with Crippen LogP contribution in [0, 0.1) is 23.4 Å². The van der Waals surface area contributed by atoms with Crippen molar-refractivity contribution in [3.8, 4) is 5.75 Å². The Balaban J connectivity index is 1.66. The van der Waals surface area contributed by atoms with Gasteiger partial charge in [0.05, 0.1) is 18.3 Å². The highest BCUT2D eigenvalue weighted by atomic mass is 19.2. The molecule has 0 amide bonds. The lowest BCUT2D eigenvalue weighted by atomic mass is 9.93. The minimum Gasteiger partial charge on any atom is -0.423 e. The summed E-state index contributed by atoms with van der Waals surface area (Å²) in [6.07, 6.45) is 3.13. The predicted octanol–water partition coefficient (Wildman–Crippen LogP) is 5.20. The maximum atomic E-state index is 13.2. The number of rotatable bonds is 4. The molecule has 0 bridgehead atoms. The molecule has 2 unspecified atom stereocenters. The Hall–Kier alpha value is -2.34. The molecule has 2 aromatic rings. The first-order valence-corrected chi connectivity index (χ1v) is 8.56. The molecule has 0 aliphatic carbocycles. The van der Waals surface area contributed by atoms with E-state index < -0.39 is 29.2 Å². The lowest BCUT2D eigenvalue weighted by Gasteiger charge is -2.28. The fourth-order valence-electron chi connectivity index (χ4n) is 2.98. The molecule has 0 radical (unpaired) electrons. The topological polar surface area (TPSA) is 35.5 Å². The van der Waals surface area contributed by atoms with Crippen molar-refractivity contribution < 1.29 is 27.4 Å². The Bertz CT molecular complexity index is 758. The molecule has 3 nitrogen and oxygen atoms in total. The smallest absolute Gasteiger partial charge is 0.343 e. The lowest BCUT2D eigenvalue weighted by Crippen LogP contribution is -2.20. The first-order chi connectivity index (χ1) is 12.5. The van der Waals surface area contributed by atoms with Gasteiger partial charge in [-0.05, 0) is 36.5 Å². The van der Waals surface area contributed by atoms with Crippen LogP contribution >= 0.6 is 0 Å². The van der Waals surface area contributed by atoms with Gasteiger partial charge in [0, 0.05) is 12.1 Å². The van der Waals surface area contributed by atoms with Crippen molar-refractivity contribution in [2.24, 2.45) is 5.92 Å². The summed E-state index contributed by atoms with van der Waals surface area (Å²) >= 11 is 0. The summed E-state index contributed by atoms with van der Waals surface area (Å²) in [7, 11) is 0. The minimum absolute atomic E-state index is 0.00293. The Morgan fingerprint density at radius 2 is 1.77 bits per heavy atom. The Kier molecular flexibility index (Phi) is 5.61. The molecule has 1 saturated heterocycles. The van der Waals surface area contributed by atoms with Crippen LogP contribution in [0.3, 0.4) is 0 Å². The molecule has 1 fully saturated rings. The predicted molar refractivity (Wildman–Crippen MR) is 89.4 cm³/mol. The molecule has 6 heteroatoms. The van der Waals surface area contributed by atoms with Gasteiger partial charge in [-0.25, -0.2) is 18.0 Å². The van der Waals surface area contributed by atoms with Crippen LogP contribution in [-0.2, 0) is 4.74 Å². The molecule has 1 aliphatic heterocycles. The van der Waals surface area contributed by atoms with Crippen molar-refractivity contribution in [2.75, 3.05) is 6.61 Å². The third-order valence-corrected chi connectivity index (χ3v) is 4.63. The van der Waals surface area contributed by atoms with Crippen LogP contribution in [0.15, 0.2) is 36.4 Å². The van der Waals surface area contributed by atoms with Gasteiger partial charge in [-0.15, -0.1) is 0 Å². The zero-order valence-electron chi connectivity index (χ0n) is 14.3. The van der Waals surface area contributed by atoms with E-state index in [0.29, 0.717) is 18.1 Å². The summed E-state index contributed by atoms with van der Waals surface area (Å²) in [4.78, 5) is 12.1. The first kappa shape index (κ1) is 18.5. The van der Waals surface area contributed by atoms with Crippen LogP contribution in [-0.4, -0.2) is 12.6 Å². The van der Waals surface area contributed by atoms with E-state index in [0.717, 1.165) is 31.4 Å². The second-order valence-corrected chi connectivity index (χ2v) is 6.39. The summed E-state index contributed by atoms with van der Waals surface area (Å²) < 4.78 is 50.1. The Morgan fingerprint density at radius 1 is 1.12 bits per heavy atom. The molecule has 0 aromatic heterocycles. The number of hydrogen-bond acceptors (Lipinski definition) is 3. The van der Waals surface area contributed by atoms with Gasteiger partial charge in [0.1, 0.15) is 5.75 Å². The maximum absolute atomic E-state index is 13.2. The van der Waals surface area contributed by atoms with Crippen LogP contribution in [0.25, 0.3) is 0 Å². The third-order valence-electron chi connectivity index (χ3n) is 4.63. The highest BCUT2D eigenvalue weighted by molar-refractivity contribution is 5.91. The largest absolute Gasteiger partial charge is 0.423 e. The normalized spacial score (nSPS) is 20.0. The van der Waals surface area contributed by atoms with E-state index in [-0.39, 0.29) is 11.7 Å². The number of carbonyl (C=O) groups is 1. The number of carbonyl (C=O) groups excluding carboxylic acids is 1. The molecule has 26 heavy (non-hydrogen) atoms. The number of benzene rings is 2. The van der Waals surface area contributed by atoms with Gasteiger partial charge in [-0.2, -0.15) is 0 Å². The van der Waals surface area contributed by atoms with Gasteiger partial charge in [-0.3, -0.25) is 0 Å². The molecule has 1 heterocycles. The number of halogens is 3. The molecule has 2 atom stereocenters. The van der Waals surface area contributed by atoms with Crippen molar-refractivity contribution in [1.29, 1.82) is 0 Å². The van der Waals surface area contributed by atoms with Gasteiger partial charge >= 0.3 is 5.97 Å². The van der Waals surface area contributed by atoms with Gasteiger partial charge in [0.2, 0.25) is 0 Å². The fourth-order valence-corrected chi connectivity index (χ4v) is 2.98. The van der Waals surface area contributed by atoms with E-state index in [2.05, 4.69) is 6.92 Å². The monoisotopic (exact) mass is 364 g/mol. The van der Waals surface area contributed by atoms with Crippen LogP contribution in [0.5, 0.6) is 5.75 Å². The first-order valence-electron chi connectivity index (χ1n) is 8.56. The summed E-state index contributed by atoms with van der Waals surface area (Å²) in [6, 6.07) is 7.96. The van der Waals surface area contributed by atoms with Crippen LogP contribution in [0.2, 0.25) is 0 Å². The zero-order valence-corrected chi connectivity index (χ0v) is 14.3. The third kappa shape index (κ3) is 4.07. The summed E-state index contributed by atoms with van der Waals surface area (Å²) in [5, 5.41) is 0. The molecular formula is C20H19F3O3. The molecule has 138 valence electrons. The SMILES string of the molecule is CCC1CCC(c2ccc(C(=O)Oc3cc(F)c(F)c(F)c3)cc2)OC1. The zero-order chi connectivity index (χ0) is 18.7. The van der Waals surface area contributed by atoms with Gasteiger partial charge in [0.25, 0.3) is 0 Å². The van der Waals surface area contributed by atoms with E-state index in [1.165, 1.54) is 0 Å². The summed E-state index contributed by atoms with van der Waals surface area (Å²) in [5.41, 5.74) is 1.19. The number of ether oxygens (including phenoxy) is 2. The second-order valence-electron chi connectivity index (χ2n) is 6.39. The molecule has 0 saturated carbocycles. The summed E-state index contributed by atoms with van der Waals surface area (Å²) in [5.74, 6) is -5.01. The highest BCUT2D eigenvalue weighted by Crippen LogP contribution is 2.32. The van der Waals surface area contributed by atoms with Crippen molar-refractivity contribution in [3.05, 3.63) is 65.0 Å². The Morgan fingerprint density at radius 3 is 2.31 bits per heavy atom. The van der Waals surface area contributed by atoms with Crippen LogP contribution < -0.4 is 4.74 Å². The van der Waals surface area contributed by atoms with Crippen LogP contribution in [0.1, 0.15) is 48.2 Å². The molecule has 1 aliphatic rings. The molecule has 0 spiro atoms. The average molecular weight is 364 g/mol. The molecule has 2 aromatic carbocycles. The van der Waals surface area contributed by atoms with Gasteiger partial charge in [-0.1, -0.05) is 25.5 Å². The lowest BCUT2D eigenvalue weighted by molar-refractivity contribution is -0.0181. The van der Waals surface area contributed by atoms with Crippen molar-refractivity contribution in [2.45, 2.75) is 32.3 Å². The number of esters is 1. The minimum atomic E-state index is -1.60. The van der Waals surface area contributed by atoms with E-state index in [1.54, 1.807) is 24.3 Å². The van der Waals surface area contributed by atoms with Gasteiger partial charge < -0.3 is 9.47 Å². The van der Waals surface area contributed by atoms with Crippen molar-refractivity contribution >= 4 is 5.97 Å². The quantitative estimate of drug-likeness (QED) is 0.425. The van der Waals surface area contributed by atoms with Gasteiger partial charge in [0.15, 0.2) is 17.5 Å². The molecular weight excluding hydrogens is 345 g/mol. The van der Waals surface area contributed by atoms with E-state index in [4.69, 9.17) is 9.47 Å². The molecule has 3 rings (SSSR count). The standard InChI is InChI=1S/C20H19F3O3/c1-2-12-3-8-18(25-11-12)13-4-6-14(7-5-13)20(24)26-15-9-16(21)19(23)17(22)10-15/h4-7,9-10,12,18H,2-3,8,11H2,1H3. The second kappa shape index (κ2) is 7.91. The maximum Gasteiger partial charge on any atom is 0.343 e. The number of hydrogen-bond donors (Lipinski definition) is 0. The van der Waals surface area contributed by atoms with E-state index in [1.807, 2.05) is 0 Å². The highest BCUT2D eigenvalue weighted by Gasteiger charge is 2.22. The molecule has 0 N–H and O–H groups in total. The average Bonchev–Trinajstić information content (AvgIpc) is 2.66. The fraction of sp³-hybridized carbons (Fsp3) is 0.350. The van der Waals surface area contributed by atoms with Crippen molar-refractivity contribution in [1.82, 2.24) is 0 Å². The Labute approximate surface area is 149 Å². The van der Waals surface area contributed by atoms with Crippen molar-refractivity contribution in [3.63, 3.8) is 0 Å².